The Morgan fingerprint density at radius 2 is 1.96 bits per heavy atom. The van der Waals surface area contributed by atoms with Crippen LogP contribution in [-0.2, 0) is 6.42 Å². The molecule has 6 heteroatoms. The van der Waals surface area contributed by atoms with Crippen LogP contribution in [0.4, 0.5) is 14.6 Å². The summed E-state index contributed by atoms with van der Waals surface area (Å²) in [7, 11) is 1.43. The number of nitrogens with zero attached hydrogens (tertiary/aromatic N) is 2. The standard InChI is InChI=1S/C17H15F2N3O/c1-23-16-8-11(2-4-14(16)19)6-7-20-17-13-9-12(18)3-5-15(13)21-10-22-17/h2-5,8-10H,6-7H2,1H3,(H,20,21,22). The number of aromatic nitrogens is 2. The van der Waals surface area contributed by atoms with Crippen molar-refractivity contribution in [3.63, 3.8) is 0 Å². The average Bonchev–Trinajstić information content (AvgIpc) is 2.56. The normalized spacial score (nSPS) is 10.7. The van der Waals surface area contributed by atoms with Crippen LogP contribution in [-0.4, -0.2) is 23.6 Å². The van der Waals surface area contributed by atoms with Crippen LogP contribution in [0.15, 0.2) is 42.7 Å². The van der Waals surface area contributed by atoms with Gasteiger partial charge in [-0.3, -0.25) is 0 Å². The van der Waals surface area contributed by atoms with E-state index in [1.54, 1.807) is 18.2 Å². The van der Waals surface area contributed by atoms with E-state index < -0.39 is 0 Å². The summed E-state index contributed by atoms with van der Waals surface area (Å²) in [6.45, 7) is 0.567. The second-order valence-corrected chi connectivity index (χ2v) is 5.03. The number of rotatable bonds is 5. The SMILES string of the molecule is COc1cc(CCNc2ncnc3ccc(F)cc23)ccc1F. The van der Waals surface area contributed by atoms with E-state index in [1.807, 2.05) is 0 Å². The van der Waals surface area contributed by atoms with Crippen molar-refractivity contribution in [2.45, 2.75) is 6.42 Å². The number of fused-ring (bicyclic) bond motifs is 1. The molecule has 0 aliphatic rings. The molecular formula is C17H15F2N3O. The molecule has 3 rings (SSSR count). The van der Waals surface area contributed by atoms with Crippen molar-refractivity contribution in [1.29, 1.82) is 0 Å². The highest BCUT2D eigenvalue weighted by Crippen LogP contribution is 2.21. The van der Waals surface area contributed by atoms with Crippen molar-refractivity contribution < 1.29 is 13.5 Å². The number of hydrogen-bond donors (Lipinski definition) is 1. The molecule has 1 N–H and O–H groups in total. The first-order valence-electron chi connectivity index (χ1n) is 7.14. The second-order valence-electron chi connectivity index (χ2n) is 5.03. The zero-order valence-corrected chi connectivity index (χ0v) is 12.5. The van der Waals surface area contributed by atoms with Gasteiger partial charge >= 0.3 is 0 Å². The zero-order chi connectivity index (χ0) is 16.2. The Bertz CT molecular complexity index is 839. The molecule has 2 aromatic carbocycles. The number of ether oxygens (including phenoxy) is 1. The maximum Gasteiger partial charge on any atom is 0.165 e. The molecule has 0 saturated heterocycles. The lowest BCUT2D eigenvalue weighted by Crippen LogP contribution is -2.07. The van der Waals surface area contributed by atoms with Crippen LogP contribution in [0.5, 0.6) is 5.75 Å². The van der Waals surface area contributed by atoms with Crippen molar-refractivity contribution >= 4 is 16.7 Å². The molecular weight excluding hydrogens is 300 g/mol. The first-order chi connectivity index (χ1) is 11.2. The minimum atomic E-state index is -0.388. The van der Waals surface area contributed by atoms with Crippen LogP contribution in [0, 0.1) is 11.6 Å². The fraction of sp³-hybridized carbons (Fsp3) is 0.176. The Labute approximate surface area is 132 Å². The van der Waals surface area contributed by atoms with Gasteiger partial charge in [-0.25, -0.2) is 18.7 Å². The predicted molar refractivity (Wildman–Crippen MR) is 84.6 cm³/mol. The number of methoxy groups -OCH3 is 1. The van der Waals surface area contributed by atoms with E-state index in [0.717, 1.165) is 5.56 Å². The van der Waals surface area contributed by atoms with Gasteiger partial charge < -0.3 is 10.1 Å². The number of nitrogens with one attached hydrogen (secondary N) is 1. The third kappa shape index (κ3) is 3.36. The summed E-state index contributed by atoms with van der Waals surface area (Å²) in [5.41, 5.74) is 1.60. The van der Waals surface area contributed by atoms with E-state index >= 15 is 0 Å². The number of benzene rings is 2. The van der Waals surface area contributed by atoms with Crippen LogP contribution < -0.4 is 10.1 Å². The fourth-order valence-electron chi connectivity index (χ4n) is 2.35. The number of anilines is 1. The van der Waals surface area contributed by atoms with E-state index in [1.165, 1.54) is 31.6 Å². The average molecular weight is 315 g/mol. The fourth-order valence-corrected chi connectivity index (χ4v) is 2.35. The van der Waals surface area contributed by atoms with Crippen molar-refractivity contribution in [3.8, 4) is 5.75 Å². The Kier molecular flexibility index (Phi) is 4.32. The monoisotopic (exact) mass is 315 g/mol. The highest BCUT2D eigenvalue weighted by Gasteiger charge is 2.06. The summed E-state index contributed by atoms with van der Waals surface area (Å²) >= 11 is 0. The van der Waals surface area contributed by atoms with Crippen LogP contribution in [0.25, 0.3) is 10.9 Å². The molecule has 3 aromatic rings. The van der Waals surface area contributed by atoms with E-state index in [0.29, 0.717) is 29.7 Å². The van der Waals surface area contributed by atoms with Crippen molar-refractivity contribution in [1.82, 2.24) is 9.97 Å². The molecule has 118 valence electrons. The third-order valence-corrected chi connectivity index (χ3v) is 3.52. The Morgan fingerprint density at radius 3 is 2.78 bits per heavy atom. The number of hydrogen-bond acceptors (Lipinski definition) is 4. The molecule has 0 bridgehead atoms. The smallest absolute Gasteiger partial charge is 0.165 e. The summed E-state index contributed by atoms with van der Waals surface area (Å²) < 4.78 is 31.7. The van der Waals surface area contributed by atoms with Crippen LogP contribution >= 0.6 is 0 Å². The summed E-state index contributed by atoms with van der Waals surface area (Å²) in [4.78, 5) is 8.26. The molecule has 0 fully saturated rings. The molecule has 0 radical (unpaired) electrons. The van der Waals surface area contributed by atoms with Gasteiger partial charge in [0.25, 0.3) is 0 Å². The molecule has 4 nitrogen and oxygen atoms in total. The van der Waals surface area contributed by atoms with Crippen molar-refractivity contribution in [2.24, 2.45) is 0 Å². The van der Waals surface area contributed by atoms with Gasteiger partial charge in [-0.1, -0.05) is 6.07 Å². The lowest BCUT2D eigenvalue weighted by molar-refractivity contribution is 0.386. The zero-order valence-electron chi connectivity index (χ0n) is 12.5. The highest BCUT2D eigenvalue weighted by atomic mass is 19.1. The lowest BCUT2D eigenvalue weighted by atomic mass is 10.1. The first kappa shape index (κ1) is 15.1. The minimum absolute atomic E-state index is 0.219. The molecule has 0 aliphatic heterocycles. The minimum Gasteiger partial charge on any atom is -0.494 e. The van der Waals surface area contributed by atoms with E-state index in [4.69, 9.17) is 4.74 Å². The van der Waals surface area contributed by atoms with Crippen molar-refractivity contribution in [2.75, 3.05) is 19.0 Å². The Morgan fingerprint density at radius 1 is 1.09 bits per heavy atom. The molecule has 1 aromatic heterocycles. The van der Waals surface area contributed by atoms with Crippen LogP contribution in [0.1, 0.15) is 5.56 Å². The molecule has 0 aliphatic carbocycles. The topological polar surface area (TPSA) is 47.0 Å². The van der Waals surface area contributed by atoms with E-state index in [2.05, 4.69) is 15.3 Å². The quantitative estimate of drug-likeness (QED) is 0.782. The predicted octanol–water partition coefficient (Wildman–Crippen LogP) is 3.57. The van der Waals surface area contributed by atoms with Gasteiger partial charge in [0.2, 0.25) is 0 Å². The first-order valence-corrected chi connectivity index (χ1v) is 7.14. The van der Waals surface area contributed by atoms with Gasteiger partial charge in [-0.05, 0) is 42.3 Å². The summed E-state index contributed by atoms with van der Waals surface area (Å²) in [6.07, 6.45) is 2.08. The third-order valence-electron chi connectivity index (χ3n) is 3.52. The highest BCUT2D eigenvalue weighted by molar-refractivity contribution is 5.88. The van der Waals surface area contributed by atoms with Crippen LogP contribution in [0.2, 0.25) is 0 Å². The maximum atomic E-state index is 13.4. The van der Waals surface area contributed by atoms with Gasteiger partial charge in [-0.15, -0.1) is 0 Å². The summed E-state index contributed by atoms with van der Waals surface area (Å²) in [6, 6.07) is 9.13. The van der Waals surface area contributed by atoms with Gasteiger partial charge in [0.1, 0.15) is 18.0 Å². The largest absolute Gasteiger partial charge is 0.494 e. The van der Waals surface area contributed by atoms with Crippen molar-refractivity contribution in [3.05, 3.63) is 59.9 Å². The van der Waals surface area contributed by atoms with Gasteiger partial charge in [0, 0.05) is 11.9 Å². The lowest BCUT2D eigenvalue weighted by Gasteiger charge is -2.09. The molecule has 0 unspecified atom stereocenters. The Hall–Kier alpha value is -2.76. The summed E-state index contributed by atoms with van der Waals surface area (Å²) in [5.74, 6) is 0.0701. The van der Waals surface area contributed by atoms with E-state index in [9.17, 15) is 8.78 Å². The molecule has 0 spiro atoms. The summed E-state index contributed by atoms with van der Waals surface area (Å²) in [5, 5.41) is 3.79. The molecule has 0 amide bonds. The van der Waals surface area contributed by atoms with Gasteiger partial charge in [-0.2, -0.15) is 0 Å². The molecule has 1 heterocycles. The van der Waals surface area contributed by atoms with Crippen LogP contribution in [0.3, 0.4) is 0 Å². The maximum absolute atomic E-state index is 13.4. The molecule has 0 saturated carbocycles. The Balaban J connectivity index is 1.73. The molecule has 23 heavy (non-hydrogen) atoms. The number of halogens is 2. The molecule has 0 atom stereocenters. The van der Waals surface area contributed by atoms with Gasteiger partial charge in [0.05, 0.1) is 12.6 Å². The van der Waals surface area contributed by atoms with E-state index in [-0.39, 0.29) is 17.4 Å². The second kappa shape index (κ2) is 6.56. The van der Waals surface area contributed by atoms with Gasteiger partial charge in [0.15, 0.2) is 11.6 Å².